The number of para-hydroxylation sites is 1. The first-order valence-electron chi connectivity index (χ1n) is 13.9. The zero-order chi connectivity index (χ0) is 32.3. The quantitative estimate of drug-likeness (QED) is 0.346. The first kappa shape index (κ1) is 32.6. The molecule has 0 aromatic heterocycles. The van der Waals surface area contributed by atoms with E-state index in [4.69, 9.17) is 18.9 Å². The van der Waals surface area contributed by atoms with Gasteiger partial charge in [0.1, 0.15) is 35.6 Å². The van der Waals surface area contributed by atoms with E-state index in [-0.39, 0.29) is 24.5 Å². The predicted molar refractivity (Wildman–Crippen MR) is 168 cm³/mol. The minimum absolute atomic E-state index is 0.0295. The summed E-state index contributed by atoms with van der Waals surface area (Å²) in [7, 11) is 4.25. The summed E-state index contributed by atoms with van der Waals surface area (Å²) in [5.74, 6) is -1.02. The van der Waals surface area contributed by atoms with Crippen molar-refractivity contribution in [1.29, 1.82) is 0 Å². The number of nitrogens with one attached hydrogen (secondary N) is 1. The smallest absolute Gasteiger partial charge is 0.410 e. The van der Waals surface area contributed by atoms with E-state index < -0.39 is 41.6 Å². The number of hydrogen-bond donors (Lipinski definition) is 1. The van der Waals surface area contributed by atoms with E-state index >= 15 is 0 Å². The van der Waals surface area contributed by atoms with Crippen LogP contribution in [0.5, 0.6) is 11.5 Å². The van der Waals surface area contributed by atoms with Crippen molar-refractivity contribution in [3.8, 4) is 11.5 Å². The van der Waals surface area contributed by atoms with Crippen LogP contribution in [0.1, 0.15) is 43.6 Å². The van der Waals surface area contributed by atoms with Gasteiger partial charge in [-0.2, -0.15) is 0 Å². The van der Waals surface area contributed by atoms with E-state index in [0.29, 0.717) is 17.0 Å². The standard InChI is InChI=1S/C32H36BrN3O8/c1-18(35(5)31(40)44-32(2,3)4)28(37)34-24-17-43-27-22(30(39)42-7)9-8-10-25(27)36(29(24)38)16-23-21-13-12-20(33)15-19(21)11-14-26(23)41-6/h8-15,18,24H,16-17H2,1-7H3,(H,34,37). The molecule has 44 heavy (non-hydrogen) atoms. The zero-order valence-corrected chi connectivity index (χ0v) is 27.3. The Balaban J connectivity index is 1.74. The number of rotatable bonds is 7. The first-order valence-corrected chi connectivity index (χ1v) is 14.7. The molecular weight excluding hydrogens is 634 g/mol. The molecule has 3 aromatic rings. The molecule has 0 aliphatic carbocycles. The molecule has 0 spiro atoms. The molecule has 4 rings (SSSR count). The summed E-state index contributed by atoms with van der Waals surface area (Å²) >= 11 is 3.51. The van der Waals surface area contributed by atoms with Gasteiger partial charge in [-0.3, -0.25) is 14.5 Å². The lowest BCUT2D eigenvalue weighted by molar-refractivity contribution is -0.130. The van der Waals surface area contributed by atoms with Crippen molar-refractivity contribution >= 4 is 56.3 Å². The maximum Gasteiger partial charge on any atom is 0.410 e. The number of carbonyl (C=O) groups is 4. The van der Waals surface area contributed by atoms with E-state index in [9.17, 15) is 19.2 Å². The van der Waals surface area contributed by atoms with Crippen LogP contribution in [-0.4, -0.2) is 74.3 Å². The molecule has 1 aliphatic heterocycles. The summed E-state index contributed by atoms with van der Waals surface area (Å²) in [6.07, 6.45) is -0.685. The maximum atomic E-state index is 14.3. The van der Waals surface area contributed by atoms with Gasteiger partial charge in [0.15, 0.2) is 5.75 Å². The minimum Gasteiger partial charge on any atom is -0.496 e. The van der Waals surface area contributed by atoms with E-state index in [1.165, 1.54) is 26.0 Å². The molecule has 0 saturated heterocycles. The lowest BCUT2D eigenvalue weighted by atomic mass is 10.0. The van der Waals surface area contributed by atoms with Crippen molar-refractivity contribution < 1.29 is 38.1 Å². The van der Waals surface area contributed by atoms with Gasteiger partial charge in [-0.05, 0) is 68.8 Å². The van der Waals surface area contributed by atoms with Gasteiger partial charge in [0.25, 0.3) is 5.91 Å². The van der Waals surface area contributed by atoms with E-state index in [1.54, 1.807) is 46.1 Å². The van der Waals surface area contributed by atoms with Gasteiger partial charge >= 0.3 is 12.1 Å². The van der Waals surface area contributed by atoms with Gasteiger partial charge in [0.2, 0.25) is 5.91 Å². The minimum atomic E-state index is -1.16. The van der Waals surface area contributed by atoms with Crippen LogP contribution < -0.4 is 19.7 Å². The highest BCUT2D eigenvalue weighted by Gasteiger charge is 2.37. The van der Waals surface area contributed by atoms with Crippen LogP contribution in [0, 0.1) is 0 Å². The van der Waals surface area contributed by atoms with E-state index in [1.807, 2.05) is 30.3 Å². The third-order valence-corrected chi connectivity index (χ3v) is 7.69. The third kappa shape index (κ3) is 6.91. The monoisotopic (exact) mass is 669 g/mol. The Kier molecular flexibility index (Phi) is 9.72. The average molecular weight is 671 g/mol. The van der Waals surface area contributed by atoms with Gasteiger partial charge in [0, 0.05) is 17.1 Å². The molecule has 0 fully saturated rings. The van der Waals surface area contributed by atoms with Crippen LogP contribution >= 0.6 is 15.9 Å². The van der Waals surface area contributed by atoms with Gasteiger partial charge in [-0.15, -0.1) is 0 Å². The van der Waals surface area contributed by atoms with Gasteiger partial charge in [-0.1, -0.05) is 34.1 Å². The second-order valence-electron chi connectivity index (χ2n) is 11.3. The molecule has 2 unspecified atom stereocenters. The van der Waals surface area contributed by atoms with Crippen molar-refractivity contribution in [2.75, 3.05) is 32.8 Å². The number of fused-ring (bicyclic) bond motifs is 2. The second-order valence-corrected chi connectivity index (χ2v) is 12.2. The molecule has 1 heterocycles. The van der Waals surface area contributed by atoms with Crippen LogP contribution in [0.25, 0.3) is 10.8 Å². The number of likely N-dealkylation sites (N-methyl/N-ethyl adjacent to an activating group) is 1. The lowest BCUT2D eigenvalue weighted by Crippen LogP contribution is -2.55. The fraction of sp³-hybridized carbons (Fsp3) is 0.375. The van der Waals surface area contributed by atoms with Crippen LogP contribution in [-0.2, 0) is 25.6 Å². The number of amides is 3. The molecule has 0 bridgehead atoms. The summed E-state index contributed by atoms with van der Waals surface area (Å²) < 4.78 is 23.0. The number of anilines is 1. The normalized spacial score (nSPS) is 15.4. The first-order chi connectivity index (χ1) is 20.7. The van der Waals surface area contributed by atoms with Crippen LogP contribution in [0.4, 0.5) is 10.5 Å². The van der Waals surface area contributed by atoms with Crippen LogP contribution in [0.3, 0.4) is 0 Å². The number of carbonyl (C=O) groups excluding carboxylic acids is 4. The fourth-order valence-electron chi connectivity index (χ4n) is 4.79. The topological polar surface area (TPSA) is 124 Å². The van der Waals surface area contributed by atoms with Gasteiger partial charge in [0.05, 0.1) is 26.5 Å². The number of methoxy groups -OCH3 is 2. The molecule has 3 amide bonds. The molecule has 11 nitrogen and oxygen atoms in total. The molecule has 1 N–H and O–H groups in total. The predicted octanol–water partition coefficient (Wildman–Crippen LogP) is 5.06. The molecule has 0 saturated carbocycles. The van der Waals surface area contributed by atoms with Crippen molar-refractivity contribution in [2.24, 2.45) is 0 Å². The molecule has 234 valence electrons. The molecule has 1 aliphatic rings. The Morgan fingerprint density at radius 3 is 2.52 bits per heavy atom. The number of ether oxygens (including phenoxy) is 4. The summed E-state index contributed by atoms with van der Waals surface area (Å²) in [5.41, 5.74) is 0.409. The Hall–Kier alpha value is -4.32. The summed E-state index contributed by atoms with van der Waals surface area (Å²) in [4.78, 5) is 55.5. The number of halogens is 1. The Labute approximate surface area is 264 Å². The number of benzene rings is 3. The second kappa shape index (κ2) is 13.1. The third-order valence-electron chi connectivity index (χ3n) is 7.19. The van der Waals surface area contributed by atoms with Crippen LogP contribution in [0.2, 0.25) is 0 Å². The van der Waals surface area contributed by atoms with Gasteiger partial charge in [-0.25, -0.2) is 9.59 Å². The average Bonchev–Trinajstić information content (AvgIpc) is 3.11. The molecular formula is C32H36BrN3O8. The zero-order valence-electron chi connectivity index (χ0n) is 25.7. The van der Waals surface area contributed by atoms with E-state index in [0.717, 1.165) is 20.1 Å². The Morgan fingerprint density at radius 2 is 1.86 bits per heavy atom. The fourth-order valence-corrected chi connectivity index (χ4v) is 5.17. The summed E-state index contributed by atoms with van der Waals surface area (Å²) in [6.45, 7) is 6.46. The van der Waals surface area contributed by atoms with Crippen LogP contribution in [0.15, 0.2) is 53.0 Å². The van der Waals surface area contributed by atoms with E-state index in [2.05, 4.69) is 21.2 Å². The van der Waals surface area contributed by atoms with Gasteiger partial charge < -0.3 is 29.2 Å². The van der Waals surface area contributed by atoms with Crippen molar-refractivity contribution in [3.63, 3.8) is 0 Å². The molecule has 3 aromatic carbocycles. The number of nitrogens with zero attached hydrogens (tertiary/aromatic N) is 2. The Bertz CT molecular complexity index is 1600. The highest BCUT2D eigenvalue weighted by molar-refractivity contribution is 9.10. The SMILES string of the molecule is COC(=O)c1cccc2c1OCC(NC(=O)C(C)N(C)C(=O)OC(C)(C)C)C(=O)N2Cc1c(OC)ccc2cc(Br)ccc12. The Morgan fingerprint density at radius 1 is 1.14 bits per heavy atom. The largest absolute Gasteiger partial charge is 0.496 e. The van der Waals surface area contributed by atoms with Crippen molar-refractivity contribution in [3.05, 3.63) is 64.1 Å². The summed E-state index contributed by atoms with van der Waals surface area (Å²) in [5, 5.41) is 4.50. The van der Waals surface area contributed by atoms with Crippen molar-refractivity contribution in [1.82, 2.24) is 10.2 Å². The highest BCUT2D eigenvalue weighted by Crippen LogP contribution is 2.39. The molecule has 2 atom stereocenters. The summed E-state index contributed by atoms with van der Waals surface area (Å²) in [6, 6.07) is 12.2. The number of esters is 1. The van der Waals surface area contributed by atoms with Crippen molar-refractivity contribution in [2.45, 2.75) is 51.9 Å². The molecule has 0 radical (unpaired) electrons. The number of hydrogen-bond acceptors (Lipinski definition) is 8. The lowest BCUT2D eigenvalue weighted by Gasteiger charge is -2.30. The maximum absolute atomic E-state index is 14.3. The highest BCUT2D eigenvalue weighted by atomic mass is 79.9. The molecule has 12 heteroatoms.